The Kier molecular flexibility index (Phi) is 4.54. The first-order valence-corrected chi connectivity index (χ1v) is 9.88. The minimum atomic E-state index is -1.16. The fraction of sp³-hybridized carbons (Fsp3) is 0.182. The van der Waals surface area contributed by atoms with Crippen molar-refractivity contribution in [2.75, 3.05) is 6.79 Å². The Labute approximate surface area is 182 Å². The minimum Gasteiger partial charge on any atom is -0.454 e. The number of urea groups is 1. The first kappa shape index (κ1) is 19.6. The molecule has 0 spiro atoms. The van der Waals surface area contributed by atoms with Gasteiger partial charge in [-0.05, 0) is 36.2 Å². The molecule has 2 aliphatic heterocycles. The molecule has 162 valence electrons. The standard InChI is InChI=1S/C22H19N5O5/c1-22(20(29)25-21(30)26-22)14-4-2-3-12(7-14)9-23-19(28)15-10-24-27-18(15)13-5-6-16-17(8-13)32-11-31-16/h2-8,10H,9,11H2,1H3,(H,23,28)(H,24,27)(H2,25,26,29,30). The summed E-state index contributed by atoms with van der Waals surface area (Å²) in [5.74, 6) is 0.530. The predicted molar refractivity (Wildman–Crippen MR) is 112 cm³/mol. The number of imide groups is 1. The van der Waals surface area contributed by atoms with Crippen LogP contribution in [-0.4, -0.2) is 34.8 Å². The molecule has 0 aliphatic carbocycles. The van der Waals surface area contributed by atoms with Crippen LogP contribution in [0.3, 0.4) is 0 Å². The lowest BCUT2D eigenvalue weighted by atomic mass is 9.91. The fourth-order valence-electron chi connectivity index (χ4n) is 3.75. The maximum absolute atomic E-state index is 12.9. The molecule has 32 heavy (non-hydrogen) atoms. The third-order valence-corrected chi connectivity index (χ3v) is 5.55. The van der Waals surface area contributed by atoms with Crippen molar-refractivity contribution >= 4 is 17.8 Å². The van der Waals surface area contributed by atoms with Gasteiger partial charge in [-0.15, -0.1) is 0 Å². The molecular formula is C22H19N5O5. The van der Waals surface area contributed by atoms with Crippen molar-refractivity contribution in [3.8, 4) is 22.8 Å². The zero-order valence-electron chi connectivity index (χ0n) is 17.0. The number of hydrogen-bond donors (Lipinski definition) is 4. The van der Waals surface area contributed by atoms with Gasteiger partial charge in [-0.3, -0.25) is 20.0 Å². The highest BCUT2D eigenvalue weighted by atomic mass is 16.7. The molecule has 1 saturated heterocycles. The number of fused-ring (bicyclic) bond motifs is 1. The highest BCUT2D eigenvalue weighted by Crippen LogP contribution is 2.36. The number of nitrogens with one attached hydrogen (secondary N) is 4. The Morgan fingerprint density at radius 2 is 2.00 bits per heavy atom. The van der Waals surface area contributed by atoms with E-state index in [1.807, 2.05) is 12.1 Å². The van der Waals surface area contributed by atoms with Crippen LogP contribution in [0.5, 0.6) is 11.5 Å². The molecule has 3 heterocycles. The van der Waals surface area contributed by atoms with E-state index in [1.54, 1.807) is 37.3 Å². The number of nitrogens with zero attached hydrogens (tertiary/aromatic N) is 1. The number of carbonyl (C=O) groups is 3. The Bertz CT molecular complexity index is 1250. The van der Waals surface area contributed by atoms with Crippen LogP contribution < -0.4 is 25.4 Å². The number of ether oxygens (including phenoxy) is 2. The van der Waals surface area contributed by atoms with Crippen LogP contribution >= 0.6 is 0 Å². The van der Waals surface area contributed by atoms with E-state index >= 15 is 0 Å². The first-order chi connectivity index (χ1) is 15.4. The lowest BCUT2D eigenvalue weighted by molar-refractivity contribution is -0.123. The first-order valence-electron chi connectivity index (χ1n) is 9.88. The molecule has 4 N–H and O–H groups in total. The lowest BCUT2D eigenvalue weighted by Crippen LogP contribution is -2.40. The maximum atomic E-state index is 12.9. The van der Waals surface area contributed by atoms with Gasteiger partial charge >= 0.3 is 6.03 Å². The Morgan fingerprint density at radius 3 is 2.81 bits per heavy atom. The number of aromatic nitrogens is 2. The Balaban J connectivity index is 1.32. The third-order valence-electron chi connectivity index (χ3n) is 5.55. The smallest absolute Gasteiger partial charge is 0.322 e. The second-order valence-corrected chi connectivity index (χ2v) is 7.64. The van der Waals surface area contributed by atoms with Crippen molar-refractivity contribution in [1.29, 1.82) is 0 Å². The van der Waals surface area contributed by atoms with Crippen molar-refractivity contribution in [3.05, 3.63) is 65.4 Å². The number of H-pyrrole nitrogens is 1. The third kappa shape index (κ3) is 3.31. The highest BCUT2D eigenvalue weighted by molar-refractivity contribution is 6.07. The van der Waals surface area contributed by atoms with Crippen LogP contribution in [0, 0.1) is 0 Å². The van der Waals surface area contributed by atoms with E-state index in [9.17, 15) is 14.4 Å². The van der Waals surface area contributed by atoms with E-state index in [-0.39, 0.29) is 19.2 Å². The number of hydrogen-bond acceptors (Lipinski definition) is 6. The van der Waals surface area contributed by atoms with E-state index in [1.165, 1.54) is 6.20 Å². The summed E-state index contributed by atoms with van der Waals surface area (Å²) in [4.78, 5) is 36.6. The summed E-state index contributed by atoms with van der Waals surface area (Å²) in [5, 5.41) is 14.6. The average molecular weight is 433 g/mol. The summed E-state index contributed by atoms with van der Waals surface area (Å²) in [7, 11) is 0. The van der Waals surface area contributed by atoms with Crippen molar-refractivity contribution in [2.45, 2.75) is 19.0 Å². The van der Waals surface area contributed by atoms with E-state index in [0.29, 0.717) is 28.3 Å². The average Bonchev–Trinajstić information content (AvgIpc) is 3.51. The zero-order valence-corrected chi connectivity index (χ0v) is 17.0. The molecule has 0 radical (unpaired) electrons. The number of amides is 4. The van der Waals surface area contributed by atoms with Crippen LogP contribution in [0.4, 0.5) is 4.79 Å². The van der Waals surface area contributed by atoms with E-state index in [0.717, 1.165) is 11.1 Å². The maximum Gasteiger partial charge on any atom is 0.322 e. The number of carbonyl (C=O) groups excluding carboxylic acids is 3. The molecule has 2 aliphatic rings. The number of benzene rings is 2. The lowest BCUT2D eigenvalue weighted by Gasteiger charge is -2.21. The molecule has 10 nitrogen and oxygen atoms in total. The summed E-state index contributed by atoms with van der Waals surface area (Å²) >= 11 is 0. The summed E-state index contributed by atoms with van der Waals surface area (Å²) in [6.07, 6.45) is 1.46. The van der Waals surface area contributed by atoms with Crippen LogP contribution in [0.25, 0.3) is 11.3 Å². The van der Waals surface area contributed by atoms with Gasteiger partial charge in [0.25, 0.3) is 11.8 Å². The molecule has 4 amide bonds. The molecule has 3 aromatic rings. The minimum absolute atomic E-state index is 0.165. The number of rotatable bonds is 5. The van der Waals surface area contributed by atoms with Gasteiger partial charge in [-0.2, -0.15) is 5.10 Å². The monoisotopic (exact) mass is 433 g/mol. The molecule has 1 atom stereocenters. The van der Waals surface area contributed by atoms with E-state index in [2.05, 4.69) is 26.1 Å². The molecule has 2 aromatic carbocycles. The van der Waals surface area contributed by atoms with Gasteiger partial charge < -0.3 is 20.1 Å². The van der Waals surface area contributed by atoms with Crippen LogP contribution in [0.1, 0.15) is 28.4 Å². The van der Waals surface area contributed by atoms with E-state index < -0.39 is 17.5 Å². The van der Waals surface area contributed by atoms with Gasteiger partial charge in [0, 0.05) is 12.1 Å². The summed E-state index contributed by atoms with van der Waals surface area (Å²) in [6, 6.07) is 12.0. The van der Waals surface area contributed by atoms with Gasteiger partial charge in [0.2, 0.25) is 6.79 Å². The van der Waals surface area contributed by atoms with Gasteiger partial charge in [0.1, 0.15) is 5.54 Å². The second-order valence-electron chi connectivity index (χ2n) is 7.64. The fourth-order valence-corrected chi connectivity index (χ4v) is 3.75. The van der Waals surface area contributed by atoms with Gasteiger partial charge in [-0.1, -0.05) is 24.3 Å². The molecule has 1 fully saturated rings. The molecule has 10 heteroatoms. The van der Waals surface area contributed by atoms with E-state index in [4.69, 9.17) is 9.47 Å². The van der Waals surface area contributed by atoms with Gasteiger partial charge in [0.05, 0.1) is 17.5 Å². The Hall–Kier alpha value is -4.34. The summed E-state index contributed by atoms with van der Waals surface area (Å²) < 4.78 is 10.7. The molecule has 5 rings (SSSR count). The van der Waals surface area contributed by atoms with Crippen molar-refractivity contribution in [3.63, 3.8) is 0 Å². The normalized spacial score (nSPS) is 18.9. The molecule has 0 bridgehead atoms. The topological polar surface area (TPSA) is 134 Å². The predicted octanol–water partition coefficient (Wildman–Crippen LogP) is 1.79. The molecule has 0 saturated carbocycles. The molecule has 1 unspecified atom stereocenters. The quantitative estimate of drug-likeness (QED) is 0.453. The Morgan fingerprint density at radius 1 is 1.16 bits per heavy atom. The van der Waals surface area contributed by atoms with Crippen LogP contribution in [0.15, 0.2) is 48.7 Å². The van der Waals surface area contributed by atoms with Crippen LogP contribution in [0.2, 0.25) is 0 Å². The van der Waals surface area contributed by atoms with Crippen LogP contribution in [-0.2, 0) is 16.9 Å². The molecule has 1 aromatic heterocycles. The largest absolute Gasteiger partial charge is 0.454 e. The van der Waals surface area contributed by atoms with Gasteiger partial charge in [-0.25, -0.2) is 4.79 Å². The van der Waals surface area contributed by atoms with Gasteiger partial charge in [0.15, 0.2) is 11.5 Å². The zero-order chi connectivity index (χ0) is 22.3. The highest BCUT2D eigenvalue weighted by Gasteiger charge is 2.43. The number of aromatic amines is 1. The van der Waals surface area contributed by atoms with Crippen molar-refractivity contribution in [2.24, 2.45) is 0 Å². The van der Waals surface area contributed by atoms with Crippen molar-refractivity contribution in [1.82, 2.24) is 26.1 Å². The SMILES string of the molecule is CC1(c2cccc(CNC(=O)c3cn[nH]c3-c3ccc4c(c3)OCO4)c2)NC(=O)NC1=O. The summed E-state index contributed by atoms with van der Waals surface area (Å²) in [5.41, 5.74) is 1.93. The second kappa shape index (κ2) is 7.41. The van der Waals surface area contributed by atoms with Crippen molar-refractivity contribution < 1.29 is 23.9 Å². The summed E-state index contributed by atoms with van der Waals surface area (Å²) in [6.45, 7) is 2.02. The molecular weight excluding hydrogens is 414 g/mol.